The topological polar surface area (TPSA) is 77.4 Å². The van der Waals surface area contributed by atoms with Crippen molar-refractivity contribution in [3.8, 4) is 0 Å². The number of ether oxygens (including phenoxy) is 4. The van der Waals surface area contributed by atoms with E-state index in [1.165, 1.54) is 0 Å². The van der Waals surface area contributed by atoms with Crippen molar-refractivity contribution in [3.63, 3.8) is 0 Å². The lowest BCUT2D eigenvalue weighted by Crippen LogP contribution is -2.21. The van der Waals surface area contributed by atoms with Crippen LogP contribution in [-0.4, -0.2) is 77.3 Å². The van der Waals surface area contributed by atoms with Gasteiger partial charge in [-0.25, -0.2) is 0 Å². The maximum atomic E-state index is 8.45. The molecule has 0 heterocycles. The molecular formula is C10H24O6. The highest BCUT2D eigenvalue weighted by atomic mass is 16.5. The lowest BCUT2D eigenvalue weighted by molar-refractivity contribution is -0.00535. The summed E-state index contributed by atoms with van der Waals surface area (Å²) in [7, 11) is 6.23. The molecule has 0 radical (unpaired) electrons. The van der Waals surface area contributed by atoms with E-state index in [1.54, 1.807) is 28.4 Å². The third-order valence-corrected chi connectivity index (χ3v) is 1.78. The molecule has 6 nitrogen and oxygen atoms in total. The van der Waals surface area contributed by atoms with Crippen LogP contribution in [0.4, 0.5) is 0 Å². The van der Waals surface area contributed by atoms with Crippen LogP contribution in [0.2, 0.25) is 0 Å². The molecule has 0 rings (SSSR count). The zero-order valence-electron chi connectivity index (χ0n) is 10.5. The summed E-state index contributed by atoms with van der Waals surface area (Å²) in [6, 6.07) is 0. The fourth-order valence-corrected chi connectivity index (χ4v) is 0.762. The van der Waals surface area contributed by atoms with E-state index in [0.717, 1.165) is 0 Å². The highest BCUT2D eigenvalue weighted by molar-refractivity contribution is 4.50. The Morgan fingerprint density at radius 1 is 0.750 bits per heavy atom. The van der Waals surface area contributed by atoms with Crippen molar-refractivity contribution < 1.29 is 29.2 Å². The summed E-state index contributed by atoms with van der Waals surface area (Å²) in [6.07, 6.45) is -0.333. The van der Waals surface area contributed by atoms with Gasteiger partial charge in [0.15, 0.2) is 0 Å². The van der Waals surface area contributed by atoms with Crippen LogP contribution in [0.1, 0.15) is 0 Å². The zero-order chi connectivity index (χ0) is 12.8. The monoisotopic (exact) mass is 240 g/mol. The smallest absolute Gasteiger partial charge is 0.103 e. The molecule has 0 bridgehead atoms. The maximum absolute atomic E-state index is 8.45. The molecular weight excluding hydrogens is 216 g/mol. The number of aliphatic hydroxyl groups excluding tert-OH is 2. The van der Waals surface area contributed by atoms with Gasteiger partial charge in [0.25, 0.3) is 0 Å². The predicted octanol–water partition coefficient (Wildman–Crippen LogP) is -0.720. The van der Waals surface area contributed by atoms with Gasteiger partial charge >= 0.3 is 0 Å². The second-order valence-corrected chi connectivity index (χ2v) is 2.99. The molecule has 1 unspecified atom stereocenters. The number of hydrogen-bond acceptors (Lipinski definition) is 6. The zero-order valence-corrected chi connectivity index (χ0v) is 10.5. The van der Waals surface area contributed by atoms with Gasteiger partial charge in [-0.05, 0) is 0 Å². The Balaban J connectivity index is 0. The quantitative estimate of drug-likeness (QED) is 0.583. The van der Waals surface area contributed by atoms with Crippen LogP contribution in [0.15, 0.2) is 0 Å². The lowest BCUT2D eigenvalue weighted by atomic mass is 10.4. The SMILES string of the molecule is COCC(CO)OC.COC[C@H](CO)OC. The van der Waals surface area contributed by atoms with Crippen LogP contribution in [0.5, 0.6) is 0 Å². The van der Waals surface area contributed by atoms with Gasteiger partial charge in [0.05, 0.1) is 26.4 Å². The molecule has 0 aliphatic carbocycles. The number of rotatable bonds is 8. The van der Waals surface area contributed by atoms with Crippen LogP contribution in [0, 0.1) is 0 Å². The summed E-state index contributed by atoms with van der Waals surface area (Å²) < 4.78 is 18.9. The van der Waals surface area contributed by atoms with Crippen LogP contribution >= 0.6 is 0 Å². The molecule has 0 aromatic heterocycles. The summed E-state index contributed by atoms with van der Waals surface area (Å²) in [4.78, 5) is 0. The number of hydrogen-bond donors (Lipinski definition) is 2. The van der Waals surface area contributed by atoms with Crippen LogP contribution in [0.25, 0.3) is 0 Å². The van der Waals surface area contributed by atoms with Crippen molar-refractivity contribution >= 4 is 0 Å². The van der Waals surface area contributed by atoms with Gasteiger partial charge in [-0.15, -0.1) is 0 Å². The van der Waals surface area contributed by atoms with E-state index in [2.05, 4.69) is 0 Å². The molecule has 0 aliphatic rings. The van der Waals surface area contributed by atoms with E-state index in [4.69, 9.17) is 29.2 Å². The summed E-state index contributed by atoms with van der Waals surface area (Å²) in [5.41, 5.74) is 0. The maximum Gasteiger partial charge on any atom is 0.103 e. The van der Waals surface area contributed by atoms with Crippen molar-refractivity contribution in [3.05, 3.63) is 0 Å². The van der Waals surface area contributed by atoms with E-state index in [1.807, 2.05) is 0 Å². The molecule has 2 N–H and O–H groups in total. The normalized spacial score (nSPS) is 13.9. The molecule has 0 aromatic carbocycles. The van der Waals surface area contributed by atoms with Crippen molar-refractivity contribution in [1.29, 1.82) is 0 Å². The predicted molar refractivity (Wildman–Crippen MR) is 59.5 cm³/mol. The Morgan fingerprint density at radius 2 is 1.06 bits per heavy atom. The van der Waals surface area contributed by atoms with E-state index < -0.39 is 0 Å². The van der Waals surface area contributed by atoms with Gasteiger partial charge < -0.3 is 29.2 Å². The first-order chi connectivity index (χ1) is 7.69. The Kier molecular flexibility index (Phi) is 16.7. The van der Waals surface area contributed by atoms with Crippen molar-refractivity contribution in [2.45, 2.75) is 12.2 Å². The van der Waals surface area contributed by atoms with Gasteiger partial charge in [-0.1, -0.05) is 0 Å². The average molecular weight is 240 g/mol. The van der Waals surface area contributed by atoms with Gasteiger partial charge in [0, 0.05) is 28.4 Å². The third-order valence-electron chi connectivity index (χ3n) is 1.78. The number of methoxy groups -OCH3 is 4. The van der Waals surface area contributed by atoms with E-state index in [-0.39, 0.29) is 25.4 Å². The van der Waals surface area contributed by atoms with Crippen LogP contribution < -0.4 is 0 Å². The molecule has 0 spiro atoms. The third kappa shape index (κ3) is 11.8. The van der Waals surface area contributed by atoms with Crippen molar-refractivity contribution in [2.75, 3.05) is 54.9 Å². The molecule has 0 amide bonds. The van der Waals surface area contributed by atoms with E-state index in [9.17, 15) is 0 Å². The van der Waals surface area contributed by atoms with Gasteiger partial charge in [0.2, 0.25) is 0 Å². The molecule has 0 aromatic rings. The fourth-order valence-electron chi connectivity index (χ4n) is 0.762. The summed E-state index contributed by atoms with van der Waals surface area (Å²) in [6.45, 7) is 0.939. The summed E-state index contributed by atoms with van der Waals surface area (Å²) >= 11 is 0. The Hall–Kier alpha value is -0.240. The van der Waals surface area contributed by atoms with Gasteiger partial charge in [-0.2, -0.15) is 0 Å². The van der Waals surface area contributed by atoms with Crippen molar-refractivity contribution in [2.24, 2.45) is 0 Å². The van der Waals surface area contributed by atoms with Gasteiger partial charge in [-0.3, -0.25) is 0 Å². The standard InChI is InChI=1S/2C5H12O3/c2*1-7-4-5(3-6)8-2/h2*5-6H,3-4H2,1-2H3/t5-;/m0./s1. The highest BCUT2D eigenvalue weighted by Gasteiger charge is 2.02. The molecule has 0 saturated carbocycles. The Morgan fingerprint density at radius 3 is 1.12 bits per heavy atom. The first-order valence-electron chi connectivity index (χ1n) is 4.95. The van der Waals surface area contributed by atoms with Crippen LogP contribution in [0.3, 0.4) is 0 Å². The largest absolute Gasteiger partial charge is 0.394 e. The average Bonchev–Trinajstić information content (AvgIpc) is 2.33. The Bertz CT molecular complexity index is 99.9. The molecule has 0 fully saturated rings. The minimum absolute atomic E-state index is 0.0182. The van der Waals surface area contributed by atoms with Crippen LogP contribution in [-0.2, 0) is 18.9 Å². The molecule has 16 heavy (non-hydrogen) atoms. The second-order valence-electron chi connectivity index (χ2n) is 2.99. The Labute approximate surface area is 97.1 Å². The molecule has 0 aliphatic heterocycles. The van der Waals surface area contributed by atoms with E-state index >= 15 is 0 Å². The first kappa shape index (κ1) is 18.1. The molecule has 6 heteroatoms. The van der Waals surface area contributed by atoms with E-state index in [0.29, 0.717) is 13.2 Å². The minimum Gasteiger partial charge on any atom is -0.394 e. The van der Waals surface area contributed by atoms with Crippen molar-refractivity contribution in [1.82, 2.24) is 0 Å². The summed E-state index contributed by atoms with van der Waals surface area (Å²) in [5, 5.41) is 16.9. The molecule has 0 saturated heterocycles. The summed E-state index contributed by atoms with van der Waals surface area (Å²) in [5.74, 6) is 0. The molecule has 100 valence electrons. The first-order valence-corrected chi connectivity index (χ1v) is 4.95. The lowest BCUT2D eigenvalue weighted by Gasteiger charge is -2.08. The fraction of sp³-hybridized carbons (Fsp3) is 1.00. The second kappa shape index (κ2) is 14.8. The molecule has 2 atom stereocenters. The highest BCUT2D eigenvalue weighted by Crippen LogP contribution is 1.86. The van der Waals surface area contributed by atoms with Gasteiger partial charge in [0.1, 0.15) is 12.2 Å². The number of aliphatic hydroxyl groups is 2. The minimum atomic E-state index is -0.167.